The molecule has 0 aliphatic carbocycles. The number of nitrogens with two attached hydrogens (primary N) is 1. The van der Waals surface area contributed by atoms with Crippen molar-refractivity contribution in [2.45, 2.75) is 29.6 Å². The highest BCUT2D eigenvalue weighted by molar-refractivity contribution is 7.99. The predicted molar refractivity (Wildman–Crippen MR) is 90.8 cm³/mol. The van der Waals surface area contributed by atoms with Crippen LogP contribution in [0.25, 0.3) is 10.8 Å². The number of pyridine rings is 1. The monoisotopic (exact) mass is 294 g/mol. The molecule has 0 aliphatic rings. The number of hydrogen-bond donors (Lipinski definition) is 1. The second-order valence-corrected chi connectivity index (χ2v) is 6.52. The third-order valence-corrected chi connectivity index (χ3v) is 4.67. The Morgan fingerprint density at radius 2 is 1.71 bits per heavy atom. The summed E-state index contributed by atoms with van der Waals surface area (Å²) in [5, 5.41) is 2.17. The molecule has 0 saturated heterocycles. The summed E-state index contributed by atoms with van der Waals surface area (Å²) in [5.41, 5.74) is 8.20. The molecule has 1 heterocycles. The van der Waals surface area contributed by atoms with Crippen molar-refractivity contribution in [3.05, 3.63) is 60.4 Å². The van der Waals surface area contributed by atoms with Crippen LogP contribution in [0.3, 0.4) is 0 Å². The van der Waals surface area contributed by atoms with Crippen LogP contribution in [-0.4, -0.2) is 4.98 Å². The lowest BCUT2D eigenvalue weighted by molar-refractivity contribution is 0.865. The Morgan fingerprint density at radius 1 is 0.952 bits per heavy atom. The molecule has 0 unspecified atom stereocenters. The maximum Gasteiger partial charge on any atom is 0.0395 e. The molecular weight excluding hydrogens is 276 g/mol. The van der Waals surface area contributed by atoms with Gasteiger partial charge in [0.2, 0.25) is 0 Å². The van der Waals surface area contributed by atoms with E-state index in [1.54, 1.807) is 18.0 Å². The molecule has 21 heavy (non-hydrogen) atoms. The first-order valence-corrected chi connectivity index (χ1v) is 7.87. The molecule has 106 valence electrons. The van der Waals surface area contributed by atoms with Crippen molar-refractivity contribution in [2.24, 2.45) is 0 Å². The molecule has 0 radical (unpaired) electrons. The van der Waals surface area contributed by atoms with Crippen LogP contribution in [-0.2, 0) is 0 Å². The van der Waals surface area contributed by atoms with Crippen molar-refractivity contribution in [2.75, 3.05) is 5.73 Å². The van der Waals surface area contributed by atoms with Crippen molar-refractivity contribution in [3.63, 3.8) is 0 Å². The van der Waals surface area contributed by atoms with Gasteiger partial charge in [0.05, 0.1) is 0 Å². The normalized spacial score (nSPS) is 11.2. The van der Waals surface area contributed by atoms with E-state index in [2.05, 4.69) is 49.2 Å². The molecule has 3 heteroatoms. The number of aromatic nitrogens is 1. The second kappa shape index (κ2) is 5.78. The zero-order chi connectivity index (χ0) is 14.8. The fourth-order valence-electron chi connectivity index (χ4n) is 2.32. The van der Waals surface area contributed by atoms with Crippen LogP contribution in [0.15, 0.2) is 64.6 Å². The molecule has 0 spiro atoms. The van der Waals surface area contributed by atoms with Gasteiger partial charge in [-0.1, -0.05) is 37.7 Å². The van der Waals surface area contributed by atoms with Crippen LogP contribution in [0, 0.1) is 0 Å². The molecule has 1 aromatic heterocycles. The maximum absolute atomic E-state index is 6.03. The summed E-state index contributed by atoms with van der Waals surface area (Å²) >= 11 is 1.75. The SMILES string of the molecule is CC(C)c1ccc(Sc2ccc(N)c3ccncc23)cc1. The van der Waals surface area contributed by atoms with Crippen LogP contribution in [0.1, 0.15) is 25.3 Å². The van der Waals surface area contributed by atoms with Crippen molar-refractivity contribution >= 4 is 28.2 Å². The minimum atomic E-state index is 0.561. The van der Waals surface area contributed by atoms with Gasteiger partial charge < -0.3 is 5.73 Å². The Morgan fingerprint density at radius 3 is 2.43 bits per heavy atom. The van der Waals surface area contributed by atoms with E-state index in [1.165, 1.54) is 15.4 Å². The Hall–Kier alpha value is -2.00. The zero-order valence-corrected chi connectivity index (χ0v) is 13.0. The van der Waals surface area contributed by atoms with Gasteiger partial charge >= 0.3 is 0 Å². The predicted octanol–water partition coefficient (Wildman–Crippen LogP) is 5.09. The Balaban J connectivity index is 1.96. The summed E-state index contributed by atoms with van der Waals surface area (Å²) < 4.78 is 0. The second-order valence-electron chi connectivity index (χ2n) is 5.40. The van der Waals surface area contributed by atoms with Gasteiger partial charge in [-0.15, -0.1) is 0 Å². The van der Waals surface area contributed by atoms with Crippen molar-refractivity contribution in [1.82, 2.24) is 4.98 Å². The Bertz CT molecular complexity index is 764. The molecule has 0 aliphatic heterocycles. The molecule has 0 saturated carbocycles. The van der Waals surface area contributed by atoms with E-state index in [0.29, 0.717) is 5.92 Å². The minimum Gasteiger partial charge on any atom is -0.398 e. The van der Waals surface area contributed by atoms with E-state index >= 15 is 0 Å². The topological polar surface area (TPSA) is 38.9 Å². The molecular formula is C18H18N2S. The lowest BCUT2D eigenvalue weighted by Crippen LogP contribution is -1.89. The third-order valence-electron chi connectivity index (χ3n) is 3.59. The van der Waals surface area contributed by atoms with Gasteiger partial charge in [-0.2, -0.15) is 0 Å². The van der Waals surface area contributed by atoms with Gasteiger partial charge in [0.25, 0.3) is 0 Å². The molecule has 2 aromatic carbocycles. The molecule has 2 nitrogen and oxygen atoms in total. The van der Waals surface area contributed by atoms with Crippen LogP contribution in [0.2, 0.25) is 0 Å². The van der Waals surface area contributed by atoms with E-state index < -0.39 is 0 Å². The molecule has 3 rings (SSSR count). The zero-order valence-electron chi connectivity index (χ0n) is 12.2. The molecule has 0 amide bonds. The van der Waals surface area contributed by atoms with Crippen LogP contribution >= 0.6 is 11.8 Å². The number of nitrogens with zero attached hydrogens (tertiary/aromatic N) is 1. The van der Waals surface area contributed by atoms with E-state index in [0.717, 1.165) is 16.5 Å². The standard InChI is InChI=1S/C18H18N2S/c1-12(2)13-3-5-14(6-4-13)21-18-8-7-17(19)15-9-10-20-11-16(15)18/h3-12H,19H2,1-2H3. The quantitative estimate of drug-likeness (QED) is 0.684. The van der Waals surface area contributed by atoms with E-state index in [1.807, 2.05) is 18.3 Å². The minimum absolute atomic E-state index is 0.561. The summed E-state index contributed by atoms with van der Waals surface area (Å²) in [4.78, 5) is 6.64. The fourth-order valence-corrected chi connectivity index (χ4v) is 3.26. The molecule has 3 aromatic rings. The average molecular weight is 294 g/mol. The van der Waals surface area contributed by atoms with Crippen LogP contribution in [0.5, 0.6) is 0 Å². The number of hydrogen-bond acceptors (Lipinski definition) is 3. The average Bonchev–Trinajstić information content (AvgIpc) is 2.51. The lowest BCUT2D eigenvalue weighted by Gasteiger charge is -2.09. The molecule has 0 bridgehead atoms. The fraction of sp³-hybridized carbons (Fsp3) is 0.167. The van der Waals surface area contributed by atoms with Gasteiger partial charge in [-0.25, -0.2) is 0 Å². The first kappa shape index (κ1) is 14.0. The van der Waals surface area contributed by atoms with Gasteiger partial charge in [-0.3, -0.25) is 4.98 Å². The molecule has 0 atom stereocenters. The van der Waals surface area contributed by atoms with Gasteiger partial charge in [-0.05, 0) is 41.8 Å². The van der Waals surface area contributed by atoms with Crippen molar-refractivity contribution in [1.29, 1.82) is 0 Å². The van der Waals surface area contributed by atoms with E-state index in [-0.39, 0.29) is 0 Å². The first-order valence-electron chi connectivity index (χ1n) is 7.05. The summed E-state index contributed by atoms with van der Waals surface area (Å²) in [7, 11) is 0. The van der Waals surface area contributed by atoms with Gasteiger partial charge in [0, 0.05) is 38.6 Å². The lowest BCUT2D eigenvalue weighted by atomic mass is 10.0. The van der Waals surface area contributed by atoms with Crippen LogP contribution in [0.4, 0.5) is 5.69 Å². The summed E-state index contributed by atoms with van der Waals surface area (Å²) in [6.07, 6.45) is 3.67. The number of fused-ring (bicyclic) bond motifs is 1. The number of rotatable bonds is 3. The summed E-state index contributed by atoms with van der Waals surface area (Å²) in [6, 6.07) is 14.8. The highest BCUT2D eigenvalue weighted by Crippen LogP contribution is 2.35. The molecule has 0 fully saturated rings. The van der Waals surface area contributed by atoms with Crippen molar-refractivity contribution in [3.8, 4) is 0 Å². The highest BCUT2D eigenvalue weighted by atomic mass is 32.2. The third kappa shape index (κ3) is 2.88. The largest absolute Gasteiger partial charge is 0.398 e. The van der Waals surface area contributed by atoms with Gasteiger partial charge in [0.15, 0.2) is 0 Å². The number of anilines is 1. The van der Waals surface area contributed by atoms with E-state index in [9.17, 15) is 0 Å². The van der Waals surface area contributed by atoms with E-state index in [4.69, 9.17) is 5.73 Å². The first-order chi connectivity index (χ1) is 10.1. The number of nitrogen functional groups attached to an aromatic ring is 1. The maximum atomic E-state index is 6.03. The van der Waals surface area contributed by atoms with Crippen LogP contribution < -0.4 is 5.73 Å². The Labute approximate surface area is 129 Å². The number of benzene rings is 2. The van der Waals surface area contributed by atoms with Crippen molar-refractivity contribution < 1.29 is 0 Å². The highest BCUT2D eigenvalue weighted by Gasteiger charge is 2.06. The smallest absolute Gasteiger partial charge is 0.0395 e. The Kier molecular flexibility index (Phi) is 3.84. The molecule has 2 N–H and O–H groups in total. The summed E-state index contributed by atoms with van der Waals surface area (Å²) in [5.74, 6) is 0.561. The van der Waals surface area contributed by atoms with Gasteiger partial charge in [0.1, 0.15) is 0 Å². The summed E-state index contributed by atoms with van der Waals surface area (Å²) in [6.45, 7) is 4.42.